The third kappa shape index (κ3) is 9.21. The van der Waals surface area contributed by atoms with Crippen LogP contribution in [0.3, 0.4) is 0 Å². The molecule has 0 amide bonds. The molecule has 1 aliphatic heterocycles. The zero-order valence-corrected chi connectivity index (χ0v) is 48.5. The van der Waals surface area contributed by atoms with Gasteiger partial charge in [-0.3, -0.25) is 0 Å². The predicted octanol–water partition coefficient (Wildman–Crippen LogP) is 14.8. The summed E-state index contributed by atoms with van der Waals surface area (Å²) in [6.07, 6.45) is 1.96. The van der Waals surface area contributed by atoms with Gasteiger partial charge in [-0.1, -0.05) is 209 Å². The number of nitrogens with zero attached hydrogens (tertiary/aromatic N) is 4. The molecule has 380 valence electrons. The summed E-state index contributed by atoms with van der Waals surface area (Å²) in [6.45, 7) is 27.7. The van der Waals surface area contributed by atoms with Gasteiger partial charge < -0.3 is 14.4 Å². The van der Waals surface area contributed by atoms with Gasteiger partial charge in [-0.05, 0) is 102 Å². The predicted molar refractivity (Wildman–Crippen MR) is 316 cm³/mol. The van der Waals surface area contributed by atoms with E-state index >= 15 is 0 Å². The van der Waals surface area contributed by atoms with E-state index in [2.05, 4.69) is 303 Å². The largest absolute Gasteiger partial charge is 0.493 e. The first-order valence-corrected chi connectivity index (χ1v) is 28.2. The van der Waals surface area contributed by atoms with Gasteiger partial charge >= 0.3 is 0 Å². The van der Waals surface area contributed by atoms with Crippen LogP contribution >= 0.6 is 0 Å². The average Bonchev–Trinajstić information content (AvgIpc) is 3.95. The smallest absolute Gasteiger partial charge is 0.135 e. The Bertz CT molecular complexity index is 3620. The zero-order valence-electron chi connectivity index (χ0n) is 45.2. The third-order valence-electron chi connectivity index (χ3n) is 15.5. The number of para-hydroxylation sites is 3. The van der Waals surface area contributed by atoms with Gasteiger partial charge in [0, 0.05) is 49.8 Å². The Balaban J connectivity index is 0.00000641. The molecule has 0 saturated carbocycles. The van der Waals surface area contributed by atoms with E-state index in [0.29, 0.717) is 0 Å². The van der Waals surface area contributed by atoms with Crippen LogP contribution in [0.5, 0.6) is 0 Å². The van der Waals surface area contributed by atoms with Crippen LogP contribution in [-0.4, -0.2) is 17.6 Å². The molecule has 0 spiro atoms. The Labute approximate surface area is 461 Å². The number of hydrogen-bond donors (Lipinski definition) is 0. The van der Waals surface area contributed by atoms with Gasteiger partial charge in [0.2, 0.25) is 0 Å². The van der Waals surface area contributed by atoms with Gasteiger partial charge in [0.15, 0.2) is 0 Å². The Morgan fingerprint density at radius 3 is 1.59 bits per heavy atom. The maximum absolute atomic E-state index is 5.10. The van der Waals surface area contributed by atoms with E-state index in [1.807, 2.05) is 6.20 Å². The first kappa shape index (κ1) is 51.7. The van der Waals surface area contributed by atoms with Crippen molar-refractivity contribution in [3.8, 4) is 5.82 Å². The zero-order chi connectivity index (χ0) is 51.8. The minimum atomic E-state index is -3.35. The van der Waals surface area contributed by atoms with Crippen LogP contribution in [0.1, 0.15) is 104 Å². The van der Waals surface area contributed by atoms with Gasteiger partial charge in [0.25, 0.3) is 0 Å². The monoisotopic (exact) mass is 1170 g/mol. The number of benzene rings is 8. The van der Waals surface area contributed by atoms with Crippen LogP contribution in [0.15, 0.2) is 200 Å². The standard InChI is InChI=1S/C69H67N4Si.Pt/c1-66(2,3)49-37-38-70-65(44-49)73-61-32-22-21-31-59(61)60-36-35-57(46-64(60)73)74(55-27-17-13-18-28-55,56-29-19-14-20-30-56)58-43-52(69(10,11)48-25-15-12-16-26-48)42-54(45-58)72-47-71(62-33-23-24-34-63(62)72)53-40-50(67(4,5)6)39-51(41-53)68(7,8)9;/h12-44,47H,1-11H3;/q-3;. The molecule has 0 unspecified atom stereocenters. The number of fused-ring (bicyclic) bond motifs is 4. The number of pyridine rings is 1. The number of hydrogen-bond acceptors (Lipinski definition) is 3. The van der Waals surface area contributed by atoms with Crippen LogP contribution in [0.2, 0.25) is 0 Å². The van der Waals surface area contributed by atoms with E-state index < -0.39 is 13.5 Å². The van der Waals surface area contributed by atoms with Crippen LogP contribution in [0.4, 0.5) is 22.7 Å². The summed E-state index contributed by atoms with van der Waals surface area (Å²) in [5.41, 5.74) is 12.3. The van der Waals surface area contributed by atoms with E-state index in [9.17, 15) is 0 Å². The second kappa shape index (κ2) is 19.4. The summed E-state index contributed by atoms with van der Waals surface area (Å²) in [7, 11) is -3.35. The number of rotatable bonds is 9. The molecule has 3 heterocycles. The quantitative estimate of drug-likeness (QED) is 0.0818. The molecule has 0 N–H and O–H groups in total. The summed E-state index contributed by atoms with van der Waals surface area (Å²) in [4.78, 5) is 9.88. The van der Waals surface area contributed by atoms with E-state index in [-0.39, 0.29) is 37.3 Å². The summed E-state index contributed by atoms with van der Waals surface area (Å²) in [5, 5.41) is 7.15. The second-order valence-corrected chi connectivity index (χ2v) is 27.6. The van der Waals surface area contributed by atoms with Crippen molar-refractivity contribution in [1.29, 1.82) is 0 Å². The summed E-state index contributed by atoms with van der Waals surface area (Å²) in [6, 6.07) is 80.8. The van der Waals surface area contributed by atoms with Crippen molar-refractivity contribution in [3.05, 3.63) is 247 Å². The first-order chi connectivity index (χ1) is 35.3. The van der Waals surface area contributed by atoms with E-state index in [4.69, 9.17) is 4.98 Å². The van der Waals surface area contributed by atoms with Crippen LogP contribution in [0.25, 0.3) is 27.6 Å². The molecule has 0 atom stereocenters. The third-order valence-corrected chi connectivity index (χ3v) is 20.1. The average molecular weight is 1180 g/mol. The Morgan fingerprint density at radius 1 is 0.440 bits per heavy atom. The number of aromatic nitrogens is 2. The fourth-order valence-corrected chi connectivity index (χ4v) is 15.6. The van der Waals surface area contributed by atoms with E-state index in [1.54, 1.807) is 0 Å². The molecule has 0 bridgehead atoms. The first-order valence-electron chi connectivity index (χ1n) is 26.2. The molecule has 0 radical (unpaired) electrons. The summed E-state index contributed by atoms with van der Waals surface area (Å²) in [5.74, 6) is 0.889. The molecule has 0 aliphatic carbocycles. The van der Waals surface area contributed by atoms with E-state index in [1.165, 1.54) is 43.6 Å². The van der Waals surface area contributed by atoms with Crippen molar-refractivity contribution < 1.29 is 21.1 Å². The maximum atomic E-state index is 5.10. The molecule has 0 fully saturated rings. The van der Waals surface area contributed by atoms with Gasteiger partial charge in [0.05, 0.1) is 0 Å². The van der Waals surface area contributed by atoms with Gasteiger partial charge in [-0.25, -0.2) is 4.98 Å². The maximum Gasteiger partial charge on any atom is 0.135 e. The molecule has 11 rings (SSSR count). The molecule has 2 aromatic heterocycles. The van der Waals surface area contributed by atoms with Gasteiger partial charge in [-0.2, -0.15) is 40.7 Å². The molecule has 0 saturated heterocycles. The topological polar surface area (TPSA) is 24.3 Å². The SMILES string of the molecule is CC(C)(C)c1cc(N2[CH-]N(c3[c-]c([Si](c4[c-]c5c(cc4)c4ccccc4n5-c4cc(C(C)(C)C)ccn4)(c4ccccc4)c4ccccc4)cc(C(C)(C)c4ccccc4)c3)c3ccccc32)cc(C(C)(C)C)c1.[Pt]. The Morgan fingerprint density at radius 2 is 0.987 bits per heavy atom. The van der Waals surface area contributed by atoms with Crippen molar-refractivity contribution in [2.75, 3.05) is 9.80 Å². The van der Waals surface area contributed by atoms with Crippen molar-refractivity contribution in [3.63, 3.8) is 0 Å². The molecule has 75 heavy (non-hydrogen) atoms. The van der Waals surface area contributed by atoms with Crippen LogP contribution in [0, 0.1) is 18.8 Å². The normalized spacial score (nSPS) is 13.3. The Kier molecular flexibility index (Phi) is 13.4. The molecular formula is C69H67N4PtSi-3. The molecular weight excluding hydrogens is 1110 g/mol. The van der Waals surface area contributed by atoms with Crippen molar-refractivity contribution >= 4 is 73.4 Å². The molecule has 6 heteroatoms. The molecule has 1 aliphatic rings. The molecule has 8 aromatic carbocycles. The minimum absolute atomic E-state index is 0. The van der Waals surface area contributed by atoms with E-state index in [0.717, 1.165) is 55.4 Å². The molecule has 4 nitrogen and oxygen atoms in total. The van der Waals surface area contributed by atoms with Crippen molar-refractivity contribution in [2.24, 2.45) is 0 Å². The van der Waals surface area contributed by atoms with Gasteiger partial charge in [-0.15, -0.1) is 29.4 Å². The summed E-state index contributed by atoms with van der Waals surface area (Å²) >= 11 is 0. The van der Waals surface area contributed by atoms with Crippen LogP contribution in [-0.2, 0) is 42.7 Å². The number of anilines is 4. The second-order valence-electron chi connectivity index (χ2n) is 23.9. The summed E-state index contributed by atoms with van der Waals surface area (Å²) < 4.78 is 2.34. The Hall–Kier alpha value is -6.78. The van der Waals surface area contributed by atoms with Gasteiger partial charge in [0.1, 0.15) is 13.9 Å². The molecule has 10 aromatic rings. The fraction of sp³-hybridized carbons (Fsp3) is 0.217. The minimum Gasteiger partial charge on any atom is -0.493 e. The fourth-order valence-electron chi connectivity index (χ4n) is 11.1. The van der Waals surface area contributed by atoms with Crippen molar-refractivity contribution in [2.45, 2.75) is 97.8 Å². The van der Waals surface area contributed by atoms with Crippen molar-refractivity contribution in [1.82, 2.24) is 9.55 Å². The van der Waals surface area contributed by atoms with Crippen LogP contribution < -0.4 is 30.5 Å².